The van der Waals surface area contributed by atoms with Crippen LogP contribution in [0.1, 0.15) is 17.5 Å². The minimum absolute atomic E-state index is 0.170. The van der Waals surface area contributed by atoms with Crippen LogP contribution in [0.2, 0.25) is 0 Å². The zero-order valence-electron chi connectivity index (χ0n) is 18.3. The number of benzene rings is 3. The van der Waals surface area contributed by atoms with Gasteiger partial charge in [0.2, 0.25) is 5.91 Å². The molecule has 0 unspecified atom stereocenters. The van der Waals surface area contributed by atoms with E-state index in [9.17, 15) is 9.59 Å². The molecule has 0 bridgehead atoms. The SMILES string of the molecule is CN(Cc1ccccc1)C(=O)NCCC(=O)Nc1ccccc1OCCc1ccccc1. The number of hydrogen-bond acceptors (Lipinski definition) is 3. The molecule has 0 fully saturated rings. The number of rotatable bonds is 10. The fraction of sp³-hybridized carbons (Fsp3) is 0.231. The third-order valence-corrected chi connectivity index (χ3v) is 4.89. The van der Waals surface area contributed by atoms with Gasteiger partial charge in [0.15, 0.2) is 0 Å². The summed E-state index contributed by atoms with van der Waals surface area (Å²) in [7, 11) is 1.73. The number of carbonyl (C=O) groups is 2. The molecule has 32 heavy (non-hydrogen) atoms. The van der Waals surface area contributed by atoms with Gasteiger partial charge in [0.1, 0.15) is 5.75 Å². The average Bonchev–Trinajstić information content (AvgIpc) is 2.81. The molecule has 3 aromatic carbocycles. The lowest BCUT2D eigenvalue weighted by atomic mass is 10.2. The van der Waals surface area contributed by atoms with E-state index < -0.39 is 0 Å². The summed E-state index contributed by atoms with van der Waals surface area (Å²) in [5.74, 6) is 0.443. The maximum atomic E-state index is 12.4. The van der Waals surface area contributed by atoms with Crippen LogP contribution in [-0.2, 0) is 17.8 Å². The Hall–Kier alpha value is -3.80. The summed E-state index contributed by atoms with van der Waals surface area (Å²) in [5, 5.41) is 5.65. The molecule has 3 amide bonds. The van der Waals surface area contributed by atoms with Gasteiger partial charge in [-0.1, -0.05) is 72.8 Å². The highest BCUT2D eigenvalue weighted by Gasteiger charge is 2.11. The van der Waals surface area contributed by atoms with Crippen LogP contribution in [0.15, 0.2) is 84.9 Å². The first-order chi connectivity index (χ1) is 15.6. The Morgan fingerprint density at radius 2 is 1.47 bits per heavy atom. The highest BCUT2D eigenvalue weighted by Crippen LogP contribution is 2.24. The summed E-state index contributed by atoms with van der Waals surface area (Å²) in [6.07, 6.45) is 0.953. The molecule has 0 saturated heterocycles. The highest BCUT2D eigenvalue weighted by molar-refractivity contribution is 5.92. The van der Waals surface area contributed by atoms with Crippen molar-refractivity contribution in [1.82, 2.24) is 10.2 Å². The lowest BCUT2D eigenvalue weighted by Crippen LogP contribution is -2.38. The normalized spacial score (nSPS) is 10.3. The summed E-state index contributed by atoms with van der Waals surface area (Å²) in [4.78, 5) is 26.2. The van der Waals surface area contributed by atoms with Crippen molar-refractivity contribution in [3.63, 3.8) is 0 Å². The van der Waals surface area contributed by atoms with Crippen LogP contribution in [0, 0.1) is 0 Å². The van der Waals surface area contributed by atoms with Crippen LogP contribution in [0.4, 0.5) is 10.5 Å². The van der Waals surface area contributed by atoms with E-state index in [2.05, 4.69) is 22.8 Å². The smallest absolute Gasteiger partial charge is 0.317 e. The predicted octanol–water partition coefficient (Wildman–Crippen LogP) is 4.48. The first kappa shape index (κ1) is 22.9. The number of hydrogen-bond donors (Lipinski definition) is 2. The number of carbonyl (C=O) groups excluding carboxylic acids is 2. The Balaban J connectivity index is 1.41. The third-order valence-electron chi connectivity index (χ3n) is 4.89. The Bertz CT molecular complexity index is 993. The van der Waals surface area contributed by atoms with Crippen molar-refractivity contribution in [3.8, 4) is 5.75 Å². The monoisotopic (exact) mass is 431 g/mol. The van der Waals surface area contributed by atoms with Crippen molar-refractivity contribution in [2.75, 3.05) is 25.5 Å². The zero-order chi connectivity index (χ0) is 22.6. The molecule has 0 aliphatic heterocycles. The van der Waals surface area contributed by atoms with E-state index in [1.54, 1.807) is 11.9 Å². The van der Waals surface area contributed by atoms with Crippen LogP contribution in [0.3, 0.4) is 0 Å². The first-order valence-corrected chi connectivity index (χ1v) is 10.7. The van der Waals surface area contributed by atoms with Crippen molar-refractivity contribution in [1.29, 1.82) is 0 Å². The Morgan fingerprint density at radius 3 is 2.19 bits per heavy atom. The van der Waals surface area contributed by atoms with Crippen molar-refractivity contribution in [3.05, 3.63) is 96.1 Å². The van der Waals surface area contributed by atoms with Gasteiger partial charge in [-0.05, 0) is 23.3 Å². The second-order valence-electron chi connectivity index (χ2n) is 7.45. The van der Waals surface area contributed by atoms with Crippen LogP contribution in [0.25, 0.3) is 0 Å². The molecule has 6 nitrogen and oxygen atoms in total. The second-order valence-corrected chi connectivity index (χ2v) is 7.45. The summed E-state index contributed by atoms with van der Waals surface area (Å²) in [6.45, 7) is 1.27. The van der Waals surface area contributed by atoms with Gasteiger partial charge in [-0.3, -0.25) is 4.79 Å². The fourth-order valence-corrected chi connectivity index (χ4v) is 3.18. The Labute approximate surface area is 189 Å². The molecule has 0 radical (unpaired) electrons. The molecule has 0 aromatic heterocycles. The van der Waals surface area contributed by atoms with Crippen LogP contribution in [0.5, 0.6) is 5.75 Å². The van der Waals surface area contributed by atoms with Crippen molar-refractivity contribution >= 4 is 17.6 Å². The molecule has 0 saturated carbocycles. The van der Waals surface area contributed by atoms with Gasteiger partial charge < -0.3 is 20.3 Å². The van der Waals surface area contributed by atoms with E-state index in [4.69, 9.17) is 4.74 Å². The lowest BCUT2D eigenvalue weighted by molar-refractivity contribution is -0.116. The van der Waals surface area contributed by atoms with Crippen molar-refractivity contribution in [2.45, 2.75) is 19.4 Å². The fourth-order valence-electron chi connectivity index (χ4n) is 3.18. The minimum atomic E-state index is -0.216. The molecule has 2 N–H and O–H groups in total. The highest BCUT2D eigenvalue weighted by atomic mass is 16.5. The molecule has 3 rings (SSSR count). The number of urea groups is 1. The predicted molar refractivity (Wildman–Crippen MR) is 127 cm³/mol. The lowest BCUT2D eigenvalue weighted by Gasteiger charge is -2.18. The summed E-state index contributed by atoms with van der Waals surface area (Å²) in [6, 6.07) is 27.0. The van der Waals surface area contributed by atoms with Crippen molar-refractivity contribution in [2.24, 2.45) is 0 Å². The molecule has 3 aromatic rings. The molecule has 0 aliphatic carbocycles. The molecule has 0 spiro atoms. The number of ether oxygens (including phenoxy) is 1. The topological polar surface area (TPSA) is 70.7 Å². The maximum absolute atomic E-state index is 12.4. The molecule has 6 heteroatoms. The van der Waals surface area contributed by atoms with Crippen LogP contribution in [-0.4, -0.2) is 37.0 Å². The number of anilines is 1. The van der Waals surface area contributed by atoms with E-state index in [-0.39, 0.29) is 24.9 Å². The average molecular weight is 432 g/mol. The Morgan fingerprint density at radius 1 is 0.844 bits per heavy atom. The van der Waals surface area contributed by atoms with E-state index in [0.717, 1.165) is 12.0 Å². The van der Waals surface area contributed by atoms with Gasteiger partial charge in [-0.15, -0.1) is 0 Å². The number of nitrogens with zero attached hydrogens (tertiary/aromatic N) is 1. The van der Waals surface area contributed by atoms with Gasteiger partial charge in [0, 0.05) is 33.0 Å². The molecule has 0 heterocycles. The first-order valence-electron chi connectivity index (χ1n) is 10.7. The van der Waals surface area contributed by atoms with E-state index in [0.29, 0.717) is 24.6 Å². The van der Waals surface area contributed by atoms with Gasteiger partial charge in [-0.25, -0.2) is 4.79 Å². The number of para-hydroxylation sites is 2. The molecular formula is C26H29N3O3. The van der Waals surface area contributed by atoms with E-state index in [1.807, 2.05) is 72.8 Å². The molecule has 166 valence electrons. The van der Waals surface area contributed by atoms with Gasteiger partial charge in [0.05, 0.1) is 12.3 Å². The van der Waals surface area contributed by atoms with Gasteiger partial charge in [-0.2, -0.15) is 0 Å². The zero-order valence-corrected chi connectivity index (χ0v) is 18.3. The maximum Gasteiger partial charge on any atom is 0.317 e. The standard InChI is InChI=1S/C26H29N3O3/c1-29(20-22-12-6-3-7-13-22)26(31)27-18-16-25(30)28-23-14-8-9-15-24(23)32-19-17-21-10-4-2-5-11-21/h2-15H,16-20H2,1H3,(H,27,31)(H,28,30). The van der Waals surface area contributed by atoms with Crippen LogP contribution >= 0.6 is 0 Å². The molecule has 0 atom stereocenters. The summed E-state index contributed by atoms with van der Waals surface area (Å²) in [5.41, 5.74) is 2.87. The molecule has 0 aliphatic rings. The van der Waals surface area contributed by atoms with Gasteiger partial charge in [0.25, 0.3) is 0 Å². The summed E-state index contributed by atoms with van der Waals surface area (Å²) >= 11 is 0. The van der Waals surface area contributed by atoms with E-state index in [1.165, 1.54) is 5.56 Å². The number of nitrogens with one attached hydrogen (secondary N) is 2. The largest absolute Gasteiger partial charge is 0.491 e. The molecular weight excluding hydrogens is 402 g/mol. The quantitative estimate of drug-likeness (QED) is 0.497. The van der Waals surface area contributed by atoms with Crippen LogP contribution < -0.4 is 15.4 Å². The minimum Gasteiger partial charge on any atom is -0.491 e. The van der Waals surface area contributed by atoms with Gasteiger partial charge >= 0.3 is 6.03 Å². The summed E-state index contributed by atoms with van der Waals surface area (Å²) < 4.78 is 5.88. The third kappa shape index (κ3) is 7.47. The van der Waals surface area contributed by atoms with Crippen molar-refractivity contribution < 1.29 is 14.3 Å². The second kappa shape index (κ2) is 12.2. The number of amides is 3. The Kier molecular flexibility index (Phi) is 8.69. The van der Waals surface area contributed by atoms with E-state index >= 15 is 0 Å².